The number of aryl methyl sites for hydroxylation is 1. The number of halogens is 1. The molecule has 0 N–H and O–H groups in total. The Labute approximate surface area is 117 Å². The maximum atomic E-state index is 9.44. The fourth-order valence-electron chi connectivity index (χ4n) is 2.23. The van der Waals surface area contributed by atoms with E-state index in [-0.39, 0.29) is 6.04 Å². The second kappa shape index (κ2) is 5.83. The number of hydrogen-bond acceptors (Lipinski definition) is 3. The molecular formula is C14H18BrN3. The minimum atomic E-state index is -0.129. The lowest BCUT2D eigenvalue weighted by Crippen LogP contribution is -2.45. The van der Waals surface area contributed by atoms with Gasteiger partial charge in [0.1, 0.15) is 6.04 Å². The summed E-state index contributed by atoms with van der Waals surface area (Å²) in [7, 11) is 2.13. The van der Waals surface area contributed by atoms with Crippen LogP contribution in [0.3, 0.4) is 0 Å². The Hall–Kier alpha value is -0.890. The van der Waals surface area contributed by atoms with Crippen molar-refractivity contribution in [2.24, 2.45) is 0 Å². The SMILES string of the molecule is Cc1ccc(C(C#N)N2CCN(C)CC2)cc1Br. The van der Waals surface area contributed by atoms with E-state index in [0.29, 0.717) is 0 Å². The molecule has 18 heavy (non-hydrogen) atoms. The van der Waals surface area contributed by atoms with Crippen molar-refractivity contribution in [2.45, 2.75) is 13.0 Å². The summed E-state index contributed by atoms with van der Waals surface area (Å²) < 4.78 is 1.08. The van der Waals surface area contributed by atoms with E-state index in [1.165, 1.54) is 5.56 Å². The topological polar surface area (TPSA) is 30.3 Å². The van der Waals surface area contributed by atoms with E-state index >= 15 is 0 Å². The number of nitriles is 1. The van der Waals surface area contributed by atoms with Crippen LogP contribution in [0.2, 0.25) is 0 Å². The van der Waals surface area contributed by atoms with E-state index in [0.717, 1.165) is 36.2 Å². The van der Waals surface area contributed by atoms with Gasteiger partial charge in [0.15, 0.2) is 0 Å². The highest BCUT2D eigenvalue weighted by molar-refractivity contribution is 9.10. The standard InChI is InChI=1S/C14H18BrN3/c1-11-3-4-12(9-13(11)15)14(10-16)18-7-5-17(2)6-8-18/h3-4,9,14H,5-8H2,1-2H3. The lowest BCUT2D eigenvalue weighted by molar-refractivity contribution is 0.133. The molecule has 0 amide bonds. The van der Waals surface area contributed by atoms with E-state index in [9.17, 15) is 5.26 Å². The molecule has 0 aliphatic carbocycles. The van der Waals surface area contributed by atoms with Crippen molar-refractivity contribution in [1.82, 2.24) is 9.80 Å². The Balaban J connectivity index is 2.18. The lowest BCUT2D eigenvalue weighted by atomic mass is 10.0. The van der Waals surface area contributed by atoms with Crippen molar-refractivity contribution in [1.29, 1.82) is 5.26 Å². The molecule has 2 rings (SSSR count). The highest BCUT2D eigenvalue weighted by Crippen LogP contribution is 2.26. The maximum absolute atomic E-state index is 9.44. The van der Waals surface area contributed by atoms with Crippen LogP contribution in [0.5, 0.6) is 0 Å². The molecule has 3 nitrogen and oxygen atoms in total. The summed E-state index contributed by atoms with van der Waals surface area (Å²) in [5.74, 6) is 0. The Morgan fingerprint density at radius 1 is 1.28 bits per heavy atom. The lowest BCUT2D eigenvalue weighted by Gasteiger charge is -2.35. The van der Waals surface area contributed by atoms with Crippen molar-refractivity contribution >= 4 is 15.9 Å². The zero-order valence-electron chi connectivity index (χ0n) is 10.9. The first-order chi connectivity index (χ1) is 8.61. The molecule has 1 saturated heterocycles. The molecule has 1 aromatic carbocycles. The number of piperazine rings is 1. The van der Waals surface area contributed by atoms with Crippen LogP contribution in [0.25, 0.3) is 0 Å². The smallest absolute Gasteiger partial charge is 0.123 e. The van der Waals surface area contributed by atoms with Gasteiger partial charge in [0, 0.05) is 30.7 Å². The number of rotatable bonds is 2. The van der Waals surface area contributed by atoms with E-state index in [2.05, 4.69) is 64.0 Å². The number of benzene rings is 1. The normalized spacial score (nSPS) is 19.4. The molecule has 4 heteroatoms. The van der Waals surface area contributed by atoms with Gasteiger partial charge in [-0.3, -0.25) is 4.90 Å². The Morgan fingerprint density at radius 2 is 1.94 bits per heavy atom. The molecule has 1 heterocycles. The van der Waals surface area contributed by atoms with Crippen molar-refractivity contribution in [3.05, 3.63) is 33.8 Å². The molecule has 96 valence electrons. The molecule has 0 aromatic heterocycles. The molecule has 1 aliphatic rings. The Bertz CT molecular complexity index is 459. The first kappa shape index (κ1) is 13.5. The third kappa shape index (κ3) is 2.92. The van der Waals surface area contributed by atoms with E-state index in [1.54, 1.807) is 0 Å². The molecule has 1 aromatic rings. The van der Waals surface area contributed by atoms with Gasteiger partial charge in [-0.05, 0) is 31.2 Å². The van der Waals surface area contributed by atoms with Gasteiger partial charge in [-0.25, -0.2) is 0 Å². The van der Waals surface area contributed by atoms with Crippen molar-refractivity contribution in [2.75, 3.05) is 33.2 Å². The number of nitrogens with zero attached hydrogens (tertiary/aromatic N) is 3. The molecule has 1 fully saturated rings. The molecule has 0 radical (unpaired) electrons. The van der Waals surface area contributed by atoms with Crippen LogP contribution < -0.4 is 0 Å². The van der Waals surface area contributed by atoms with Crippen molar-refractivity contribution in [3.63, 3.8) is 0 Å². The summed E-state index contributed by atoms with van der Waals surface area (Å²) >= 11 is 3.54. The van der Waals surface area contributed by atoms with Crippen LogP contribution in [-0.2, 0) is 0 Å². The predicted molar refractivity (Wildman–Crippen MR) is 76.3 cm³/mol. The monoisotopic (exact) mass is 307 g/mol. The number of hydrogen-bond donors (Lipinski definition) is 0. The summed E-state index contributed by atoms with van der Waals surface area (Å²) in [6.07, 6.45) is 0. The zero-order valence-corrected chi connectivity index (χ0v) is 12.4. The van der Waals surface area contributed by atoms with Gasteiger partial charge in [-0.1, -0.05) is 28.1 Å². The van der Waals surface area contributed by atoms with Crippen LogP contribution >= 0.6 is 15.9 Å². The van der Waals surface area contributed by atoms with E-state index in [1.807, 2.05) is 0 Å². The average molecular weight is 308 g/mol. The van der Waals surface area contributed by atoms with Gasteiger partial charge in [0.2, 0.25) is 0 Å². The molecule has 0 bridgehead atoms. The van der Waals surface area contributed by atoms with E-state index in [4.69, 9.17) is 0 Å². The highest BCUT2D eigenvalue weighted by Gasteiger charge is 2.23. The summed E-state index contributed by atoms with van der Waals surface area (Å²) in [5, 5.41) is 9.44. The molecule has 0 saturated carbocycles. The Kier molecular flexibility index (Phi) is 4.39. The van der Waals surface area contributed by atoms with Gasteiger partial charge in [0.05, 0.1) is 6.07 Å². The first-order valence-electron chi connectivity index (χ1n) is 6.20. The summed E-state index contributed by atoms with van der Waals surface area (Å²) in [4.78, 5) is 4.56. The third-order valence-corrected chi connectivity index (χ3v) is 4.39. The van der Waals surface area contributed by atoms with Gasteiger partial charge >= 0.3 is 0 Å². The summed E-state index contributed by atoms with van der Waals surface area (Å²) in [6, 6.07) is 8.51. The maximum Gasteiger partial charge on any atom is 0.123 e. The fourth-order valence-corrected chi connectivity index (χ4v) is 2.62. The minimum absolute atomic E-state index is 0.129. The predicted octanol–water partition coefficient (Wildman–Crippen LogP) is 2.57. The van der Waals surface area contributed by atoms with Gasteiger partial charge in [-0.15, -0.1) is 0 Å². The summed E-state index contributed by atoms with van der Waals surface area (Å²) in [6.45, 7) is 6.04. The fraction of sp³-hybridized carbons (Fsp3) is 0.500. The van der Waals surface area contributed by atoms with Crippen LogP contribution in [0.4, 0.5) is 0 Å². The van der Waals surface area contributed by atoms with Crippen LogP contribution in [0.15, 0.2) is 22.7 Å². The minimum Gasteiger partial charge on any atom is -0.304 e. The highest BCUT2D eigenvalue weighted by atomic mass is 79.9. The number of likely N-dealkylation sites (N-methyl/N-ethyl adjacent to an activating group) is 1. The molecule has 0 spiro atoms. The van der Waals surface area contributed by atoms with Crippen molar-refractivity contribution < 1.29 is 0 Å². The van der Waals surface area contributed by atoms with E-state index < -0.39 is 0 Å². The first-order valence-corrected chi connectivity index (χ1v) is 6.99. The molecule has 1 atom stereocenters. The largest absolute Gasteiger partial charge is 0.304 e. The molecule has 1 aliphatic heterocycles. The van der Waals surface area contributed by atoms with Gasteiger partial charge in [0.25, 0.3) is 0 Å². The third-order valence-electron chi connectivity index (χ3n) is 3.54. The van der Waals surface area contributed by atoms with Crippen molar-refractivity contribution in [3.8, 4) is 6.07 Å². The van der Waals surface area contributed by atoms with Crippen LogP contribution in [0.1, 0.15) is 17.2 Å². The Morgan fingerprint density at radius 3 is 2.50 bits per heavy atom. The quantitative estimate of drug-likeness (QED) is 0.841. The van der Waals surface area contributed by atoms with Gasteiger partial charge in [-0.2, -0.15) is 5.26 Å². The molecule has 1 unspecified atom stereocenters. The average Bonchev–Trinajstić information content (AvgIpc) is 2.37. The summed E-state index contributed by atoms with van der Waals surface area (Å²) in [5.41, 5.74) is 2.29. The molecular weight excluding hydrogens is 290 g/mol. The zero-order chi connectivity index (χ0) is 13.1. The second-order valence-corrected chi connectivity index (χ2v) is 5.73. The van der Waals surface area contributed by atoms with Gasteiger partial charge < -0.3 is 4.90 Å². The second-order valence-electron chi connectivity index (χ2n) is 4.88. The van der Waals surface area contributed by atoms with Crippen LogP contribution in [0, 0.1) is 18.3 Å². The van der Waals surface area contributed by atoms with Crippen LogP contribution in [-0.4, -0.2) is 43.0 Å².